The number of carbonyl (C=O) groups is 1. The SMILES string of the molecule is O=C(O)c1ccc(-n2cc(-c3ccccc3)cn2)c(Br)c1. The minimum atomic E-state index is -0.951. The van der Waals surface area contributed by atoms with Crippen molar-refractivity contribution in [3.05, 3.63) is 71.0 Å². The highest BCUT2D eigenvalue weighted by Crippen LogP contribution is 2.25. The third-order valence-electron chi connectivity index (χ3n) is 3.13. The fraction of sp³-hybridized carbons (Fsp3) is 0. The smallest absolute Gasteiger partial charge is 0.335 e. The van der Waals surface area contributed by atoms with Gasteiger partial charge in [-0.05, 0) is 39.7 Å². The molecule has 104 valence electrons. The van der Waals surface area contributed by atoms with Gasteiger partial charge in [0, 0.05) is 16.2 Å². The molecular weight excluding hydrogens is 332 g/mol. The van der Waals surface area contributed by atoms with Crippen molar-refractivity contribution in [2.24, 2.45) is 0 Å². The Morgan fingerprint density at radius 1 is 1.10 bits per heavy atom. The molecule has 3 aromatic rings. The Kier molecular flexibility index (Phi) is 3.58. The lowest BCUT2D eigenvalue weighted by molar-refractivity contribution is 0.0697. The first-order chi connectivity index (χ1) is 10.1. The van der Waals surface area contributed by atoms with Crippen LogP contribution in [0.3, 0.4) is 0 Å². The van der Waals surface area contributed by atoms with Gasteiger partial charge >= 0.3 is 5.97 Å². The van der Waals surface area contributed by atoms with Crippen molar-refractivity contribution in [3.63, 3.8) is 0 Å². The monoisotopic (exact) mass is 342 g/mol. The Labute approximate surface area is 129 Å². The second kappa shape index (κ2) is 5.54. The Morgan fingerprint density at radius 2 is 1.86 bits per heavy atom. The van der Waals surface area contributed by atoms with Crippen LogP contribution in [0.1, 0.15) is 10.4 Å². The number of aromatic nitrogens is 2. The van der Waals surface area contributed by atoms with Crippen molar-refractivity contribution in [1.82, 2.24) is 9.78 Å². The lowest BCUT2D eigenvalue weighted by Crippen LogP contribution is -2.00. The van der Waals surface area contributed by atoms with Crippen LogP contribution >= 0.6 is 15.9 Å². The molecule has 0 aliphatic rings. The van der Waals surface area contributed by atoms with Crippen LogP contribution in [-0.2, 0) is 0 Å². The van der Waals surface area contributed by atoms with Gasteiger partial charge in [-0.1, -0.05) is 30.3 Å². The average molecular weight is 343 g/mol. The number of rotatable bonds is 3. The molecule has 0 spiro atoms. The molecule has 0 saturated heterocycles. The zero-order chi connectivity index (χ0) is 14.8. The number of hydrogen-bond acceptors (Lipinski definition) is 2. The Balaban J connectivity index is 1.99. The van der Waals surface area contributed by atoms with Crippen LogP contribution in [0, 0.1) is 0 Å². The zero-order valence-electron chi connectivity index (χ0n) is 10.9. The van der Waals surface area contributed by atoms with Gasteiger partial charge in [0.25, 0.3) is 0 Å². The van der Waals surface area contributed by atoms with Crippen LogP contribution in [0.15, 0.2) is 65.4 Å². The molecule has 1 heterocycles. The van der Waals surface area contributed by atoms with Gasteiger partial charge in [0.2, 0.25) is 0 Å². The van der Waals surface area contributed by atoms with Gasteiger partial charge in [-0.15, -0.1) is 0 Å². The number of nitrogens with zero attached hydrogens (tertiary/aromatic N) is 2. The normalized spacial score (nSPS) is 10.5. The van der Waals surface area contributed by atoms with E-state index in [1.54, 1.807) is 29.1 Å². The molecule has 0 radical (unpaired) electrons. The van der Waals surface area contributed by atoms with Crippen LogP contribution in [0.4, 0.5) is 0 Å². The number of carboxylic acid groups (broad SMARTS) is 1. The summed E-state index contributed by atoms with van der Waals surface area (Å²) in [6.07, 6.45) is 3.70. The van der Waals surface area contributed by atoms with Crippen LogP contribution in [-0.4, -0.2) is 20.9 Å². The molecule has 4 nitrogen and oxygen atoms in total. The first-order valence-corrected chi connectivity index (χ1v) is 7.08. The third-order valence-corrected chi connectivity index (χ3v) is 3.77. The topological polar surface area (TPSA) is 55.1 Å². The van der Waals surface area contributed by atoms with E-state index in [9.17, 15) is 4.79 Å². The van der Waals surface area contributed by atoms with Gasteiger partial charge in [0.15, 0.2) is 0 Å². The molecule has 0 bridgehead atoms. The van der Waals surface area contributed by atoms with Gasteiger partial charge in [-0.2, -0.15) is 5.10 Å². The number of aromatic carboxylic acids is 1. The second-order valence-electron chi connectivity index (χ2n) is 4.51. The lowest BCUT2D eigenvalue weighted by Gasteiger charge is -2.05. The van der Waals surface area contributed by atoms with E-state index in [-0.39, 0.29) is 5.56 Å². The van der Waals surface area contributed by atoms with Gasteiger partial charge in [-0.3, -0.25) is 0 Å². The largest absolute Gasteiger partial charge is 0.478 e. The van der Waals surface area contributed by atoms with Gasteiger partial charge in [0.05, 0.1) is 17.4 Å². The number of carboxylic acids is 1. The van der Waals surface area contributed by atoms with Crippen LogP contribution < -0.4 is 0 Å². The summed E-state index contributed by atoms with van der Waals surface area (Å²) in [7, 11) is 0. The van der Waals surface area contributed by atoms with E-state index in [1.807, 2.05) is 36.5 Å². The maximum absolute atomic E-state index is 10.9. The van der Waals surface area contributed by atoms with Crippen molar-refractivity contribution in [3.8, 4) is 16.8 Å². The summed E-state index contributed by atoms with van der Waals surface area (Å²) in [5, 5.41) is 13.3. The maximum Gasteiger partial charge on any atom is 0.335 e. The molecule has 0 aliphatic heterocycles. The fourth-order valence-electron chi connectivity index (χ4n) is 2.06. The minimum absolute atomic E-state index is 0.237. The van der Waals surface area contributed by atoms with Crippen molar-refractivity contribution in [1.29, 1.82) is 0 Å². The number of halogens is 1. The van der Waals surface area contributed by atoms with E-state index in [0.717, 1.165) is 16.8 Å². The van der Waals surface area contributed by atoms with Crippen LogP contribution in [0.25, 0.3) is 16.8 Å². The summed E-state index contributed by atoms with van der Waals surface area (Å²) < 4.78 is 2.41. The Hall–Kier alpha value is -2.40. The molecule has 0 atom stereocenters. The summed E-state index contributed by atoms with van der Waals surface area (Å²) in [5.74, 6) is -0.951. The summed E-state index contributed by atoms with van der Waals surface area (Å²) in [4.78, 5) is 10.9. The van der Waals surface area contributed by atoms with E-state index in [0.29, 0.717) is 4.47 Å². The molecule has 21 heavy (non-hydrogen) atoms. The predicted octanol–water partition coefficient (Wildman–Crippen LogP) is 4.00. The molecule has 0 amide bonds. The first kappa shape index (κ1) is 13.6. The average Bonchev–Trinajstić information content (AvgIpc) is 2.97. The quantitative estimate of drug-likeness (QED) is 0.782. The van der Waals surface area contributed by atoms with Crippen molar-refractivity contribution in [2.75, 3.05) is 0 Å². The third kappa shape index (κ3) is 2.73. The van der Waals surface area contributed by atoms with Gasteiger partial charge in [-0.25, -0.2) is 9.48 Å². The van der Waals surface area contributed by atoms with E-state index < -0.39 is 5.97 Å². The van der Waals surface area contributed by atoms with Crippen LogP contribution in [0.2, 0.25) is 0 Å². The molecule has 0 aliphatic carbocycles. The highest BCUT2D eigenvalue weighted by atomic mass is 79.9. The van der Waals surface area contributed by atoms with Gasteiger partial charge in [0.1, 0.15) is 0 Å². The highest BCUT2D eigenvalue weighted by Gasteiger charge is 2.09. The molecular formula is C16H11BrN2O2. The maximum atomic E-state index is 10.9. The number of benzene rings is 2. The first-order valence-electron chi connectivity index (χ1n) is 6.28. The molecule has 0 unspecified atom stereocenters. The second-order valence-corrected chi connectivity index (χ2v) is 5.37. The van der Waals surface area contributed by atoms with Crippen molar-refractivity contribution >= 4 is 21.9 Å². The Bertz CT molecular complexity index is 797. The fourth-order valence-corrected chi connectivity index (χ4v) is 2.62. The highest BCUT2D eigenvalue weighted by molar-refractivity contribution is 9.10. The van der Waals surface area contributed by atoms with Crippen molar-refractivity contribution < 1.29 is 9.90 Å². The molecule has 5 heteroatoms. The zero-order valence-corrected chi connectivity index (χ0v) is 12.5. The van der Waals surface area contributed by atoms with Crippen LogP contribution in [0.5, 0.6) is 0 Å². The molecule has 1 aromatic heterocycles. The molecule has 0 fully saturated rings. The van der Waals surface area contributed by atoms with Crippen molar-refractivity contribution in [2.45, 2.75) is 0 Å². The minimum Gasteiger partial charge on any atom is -0.478 e. The van der Waals surface area contributed by atoms with E-state index in [1.165, 1.54) is 0 Å². The Morgan fingerprint density at radius 3 is 2.52 bits per heavy atom. The molecule has 3 rings (SSSR count). The lowest BCUT2D eigenvalue weighted by atomic mass is 10.1. The van der Waals surface area contributed by atoms with Gasteiger partial charge < -0.3 is 5.11 Å². The summed E-state index contributed by atoms with van der Waals surface area (Å²) in [6, 6.07) is 14.8. The summed E-state index contributed by atoms with van der Waals surface area (Å²) >= 11 is 3.39. The summed E-state index contributed by atoms with van der Waals surface area (Å²) in [6.45, 7) is 0. The van der Waals surface area contributed by atoms with E-state index in [2.05, 4.69) is 21.0 Å². The van der Waals surface area contributed by atoms with E-state index in [4.69, 9.17) is 5.11 Å². The molecule has 0 saturated carbocycles. The summed E-state index contributed by atoms with van der Waals surface area (Å²) in [5.41, 5.74) is 3.12. The standard InChI is InChI=1S/C16H11BrN2O2/c17-14-8-12(16(20)21)6-7-15(14)19-10-13(9-18-19)11-4-2-1-3-5-11/h1-10H,(H,20,21). The molecule has 1 N–H and O–H groups in total. The predicted molar refractivity (Wildman–Crippen MR) is 83.7 cm³/mol. The number of hydrogen-bond donors (Lipinski definition) is 1. The molecule has 2 aromatic carbocycles. The van der Waals surface area contributed by atoms with E-state index >= 15 is 0 Å².